The zero-order valence-corrected chi connectivity index (χ0v) is 26.8. The van der Waals surface area contributed by atoms with Gasteiger partial charge in [0.2, 0.25) is 17.6 Å². The van der Waals surface area contributed by atoms with Gasteiger partial charge in [-0.15, -0.1) is 0 Å². The summed E-state index contributed by atoms with van der Waals surface area (Å²) in [5.74, 6) is -8.89. The van der Waals surface area contributed by atoms with Gasteiger partial charge in [-0.2, -0.15) is 0 Å². The number of hydrogen-bond acceptors (Lipinski definition) is 13. The lowest BCUT2D eigenvalue weighted by Gasteiger charge is -2.65. The molecule has 1 spiro atoms. The summed E-state index contributed by atoms with van der Waals surface area (Å²) in [6.45, 7) is 9.17. The van der Waals surface area contributed by atoms with Crippen molar-refractivity contribution in [3.63, 3.8) is 0 Å². The summed E-state index contributed by atoms with van der Waals surface area (Å²) < 4.78 is 28.1. The monoisotopic (exact) mass is 645 g/mol. The molecule has 5 rings (SSSR count). The number of fused-ring (bicyclic) bond motifs is 2. The number of carbonyl (C=O) groups excluding carboxylic acids is 7. The number of allylic oxidation sites excluding steroid dienone is 3. The van der Waals surface area contributed by atoms with Crippen LogP contribution < -0.4 is 5.32 Å². The summed E-state index contributed by atoms with van der Waals surface area (Å²) in [6.07, 6.45) is -4.24. The zero-order valence-electron chi connectivity index (χ0n) is 26.8. The molecule has 2 heterocycles. The van der Waals surface area contributed by atoms with Crippen LogP contribution >= 0.6 is 0 Å². The number of carbonyl (C=O) groups is 7. The van der Waals surface area contributed by atoms with Gasteiger partial charge in [-0.1, -0.05) is 12.5 Å². The highest BCUT2D eigenvalue weighted by Crippen LogP contribution is 2.72. The maximum Gasteiger partial charge on any atom is 0.348 e. The van der Waals surface area contributed by atoms with Crippen molar-refractivity contribution < 1.29 is 62.4 Å². The van der Waals surface area contributed by atoms with Crippen molar-refractivity contribution in [1.29, 1.82) is 0 Å². The van der Waals surface area contributed by atoms with Gasteiger partial charge in [0.15, 0.2) is 23.4 Å². The summed E-state index contributed by atoms with van der Waals surface area (Å²) in [7, 11) is 1.05. The maximum absolute atomic E-state index is 14.3. The van der Waals surface area contributed by atoms with Crippen LogP contribution in [0.4, 0.5) is 0 Å². The second-order valence-electron chi connectivity index (χ2n) is 13.6. The molecule has 0 aromatic rings. The lowest BCUT2D eigenvalue weighted by molar-refractivity contribution is -0.255. The lowest BCUT2D eigenvalue weighted by Crippen LogP contribution is -2.78. The highest BCUT2D eigenvalue weighted by Gasteiger charge is 2.85. The van der Waals surface area contributed by atoms with Crippen molar-refractivity contribution in [2.75, 3.05) is 13.7 Å². The van der Waals surface area contributed by atoms with Crippen molar-refractivity contribution in [3.8, 4) is 0 Å². The minimum atomic E-state index is -2.38. The van der Waals surface area contributed by atoms with E-state index in [-0.39, 0.29) is 37.5 Å². The van der Waals surface area contributed by atoms with E-state index >= 15 is 0 Å². The minimum absolute atomic E-state index is 0.0519. The van der Waals surface area contributed by atoms with Gasteiger partial charge in [0.05, 0.1) is 31.5 Å². The van der Waals surface area contributed by atoms with Crippen LogP contribution in [0.2, 0.25) is 0 Å². The van der Waals surface area contributed by atoms with Crippen LogP contribution in [0.5, 0.6) is 0 Å². The summed E-state index contributed by atoms with van der Waals surface area (Å²) in [4.78, 5) is 92.1. The molecule has 14 heteroatoms. The Balaban J connectivity index is 1.61. The fraction of sp³-hybridized carbons (Fsp3) is 0.656. The number of ketones is 2. The first kappa shape index (κ1) is 33.5. The molecule has 4 fully saturated rings. The smallest absolute Gasteiger partial charge is 0.348 e. The summed E-state index contributed by atoms with van der Waals surface area (Å²) in [5, 5.41) is 14.2. The van der Waals surface area contributed by atoms with Gasteiger partial charge < -0.3 is 34.1 Å². The number of rotatable bonds is 7. The van der Waals surface area contributed by atoms with E-state index in [2.05, 4.69) is 5.32 Å². The zero-order chi connectivity index (χ0) is 34.1. The average Bonchev–Trinajstić information content (AvgIpc) is 3.25. The summed E-state index contributed by atoms with van der Waals surface area (Å²) in [5.41, 5.74) is -4.16. The molecule has 0 aromatic carbocycles. The molecule has 3 aliphatic carbocycles. The molecular weight excluding hydrogens is 606 g/mol. The Morgan fingerprint density at radius 3 is 2.43 bits per heavy atom. The van der Waals surface area contributed by atoms with Crippen molar-refractivity contribution in [2.45, 2.75) is 90.8 Å². The molecule has 2 bridgehead atoms. The van der Waals surface area contributed by atoms with E-state index in [0.29, 0.717) is 11.1 Å². The Bertz CT molecular complexity index is 1490. The molecule has 5 aliphatic rings. The Labute approximate surface area is 265 Å². The largest absolute Gasteiger partial charge is 0.467 e. The predicted octanol–water partition coefficient (Wildman–Crippen LogP) is 0.625. The Morgan fingerprint density at radius 1 is 1.15 bits per heavy atom. The van der Waals surface area contributed by atoms with E-state index < -0.39 is 94.0 Å². The third-order valence-electron chi connectivity index (χ3n) is 10.4. The van der Waals surface area contributed by atoms with Crippen LogP contribution in [0.15, 0.2) is 23.0 Å². The number of methoxy groups -OCH3 is 1. The number of nitrogens with one attached hydrogen (secondary N) is 1. The second-order valence-corrected chi connectivity index (χ2v) is 13.6. The maximum atomic E-state index is 14.3. The van der Waals surface area contributed by atoms with E-state index in [4.69, 9.17) is 23.7 Å². The molecule has 250 valence electrons. The quantitative estimate of drug-likeness (QED) is 0.222. The van der Waals surface area contributed by atoms with Crippen LogP contribution in [-0.4, -0.2) is 90.1 Å². The van der Waals surface area contributed by atoms with Gasteiger partial charge in [-0.3, -0.25) is 19.2 Å². The first-order valence-electron chi connectivity index (χ1n) is 15.2. The van der Waals surface area contributed by atoms with Gasteiger partial charge in [-0.05, 0) is 51.0 Å². The molecular formula is C32H39NO13. The SMILES string of the molecule is COC(=O)[C@@]12OC[C@]34C(C(=O)[C@@H]1O)[C@@]1(C)CC(=O)C(OC(=O)C[C@H](C)NC(C)=O)=C(C)[C@@H]1C[C@H]3OC(=O)[C@H](OC(=O)C=C(C)C)[C@@H]24. The summed E-state index contributed by atoms with van der Waals surface area (Å²) in [6, 6.07) is -0.555. The predicted molar refractivity (Wildman–Crippen MR) is 153 cm³/mol. The first-order valence-corrected chi connectivity index (χ1v) is 15.2. The van der Waals surface area contributed by atoms with Crippen LogP contribution in [-0.2, 0) is 57.2 Å². The Hall–Kier alpha value is -3.91. The van der Waals surface area contributed by atoms with Gasteiger partial charge in [0, 0.05) is 31.4 Å². The number of ether oxygens (including phenoxy) is 5. The van der Waals surface area contributed by atoms with Crippen LogP contribution in [0.25, 0.3) is 0 Å². The van der Waals surface area contributed by atoms with Crippen LogP contribution in [0, 0.1) is 28.6 Å². The average molecular weight is 646 g/mol. The molecule has 14 nitrogen and oxygen atoms in total. The van der Waals surface area contributed by atoms with Crippen LogP contribution in [0.3, 0.4) is 0 Å². The third kappa shape index (κ3) is 4.71. The number of aliphatic hydroxyl groups excluding tert-OH is 1. The first-order chi connectivity index (χ1) is 21.4. The molecule has 2 saturated carbocycles. The van der Waals surface area contributed by atoms with E-state index in [1.54, 1.807) is 34.6 Å². The molecule has 2 aliphatic heterocycles. The molecule has 1 amide bonds. The third-order valence-corrected chi connectivity index (χ3v) is 10.4. The Morgan fingerprint density at radius 2 is 1.83 bits per heavy atom. The van der Waals surface area contributed by atoms with Gasteiger partial charge in [-0.25, -0.2) is 14.4 Å². The lowest BCUT2D eigenvalue weighted by atomic mass is 9.38. The van der Waals surface area contributed by atoms with E-state index in [9.17, 15) is 38.7 Å². The molecule has 2 N–H and O–H groups in total. The van der Waals surface area contributed by atoms with Crippen molar-refractivity contribution in [1.82, 2.24) is 5.32 Å². The van der Waals surface area contributed by atoms with E-state index in [1.807, 2.05) is 0 Å². The molecule has 1 unspecified atom stereocenters. The second kappa shape index (κ2) is 11.4. The molecule has 10 atom stereocenters. The fourth-order valence-electron chi connectivity index (χ4n) is 8.91. The van der Waals surface area contributed by atoms with Crippen molar-refractivity contribution >= 4 is 41.4 Å². The van der Waals surface area contributed by atoms with Crippen LogP contribution in [0.1, 0.15) is 60.8 Å². The standard InChI is InChI=1S/C32H39NO13/c1-13(2)8-20(36)46-24-26-31-12-43-32(26,29(41)42-7)27(39)22(38)25(31)30(6)11-18(35)23(45-21(37)9-14(3)33-16(5)34)15(4)17(30)10-19(31)44-28(24)40/h8,14,17,19,24-27,39H,9-12H2,1-7H3,(H,33,34)/t14-,17-,19+,24+,25?,26+,27-,30-,31+,32-/m0/s1. The Kier molecular flexibility index (Phi) is 8.30. The number of aliphatic hydroxyl groups is 1. The number of amides is 1. The topological polar surface area (TPSA) is 198 Å². The summed E-state index contributed by atoms with van der Waals surface area (Å²) >= 11 is 0. The highest BCUT2D eigenvalue weighted by molar-refractivity contribution is 6.02. The van der Waals surface area contributed by atoms with Gasteiger partial charge in [0.1, 0.15) is 6.10 Å². The normalized spacial score (nSPS) is 38.0. The minimum Gasteiger partial charge on any atom is -0.467 e. The molecule has 2 saturated heterocycles. The molecule has 46 heavy (non-hydrogen) atoms. The van der Waals surface area contributed by atoms with Crippen molar-refractivity contribution in [3.05, 3.63) is 23.0 Å². The van der Waals surface area contributed by atoms with Crippen molar-refractivity contribution in [2.24, 2.45) is 28.6 Å². The number of esters is 4. The van der Waals surface area contributed by atoms with E-state index in [0.717, 1.165) is 13.2 Å². The van der Waals surface area contributed by atoms with Gasteiger partial charge in [0.25, 0.3) is 0 Å². The number of hydrogen-bond donors (Lipinski definition) is 2. The highest BCUT2D eigenvalue weighted by atomic mass is 16.6. The number of Topliss-reactive ketones (excluding diaryl/α,β-unsaturated/α-hetero) is 2. The van der Waals surface area contributed by atoms with Gasteiger partial charge >= 0.3 is 23.9 Å². The van der Waals surface area contributed by atoms with E-state index in [1.165, 1.54) is 6.92 Å². The molecule has 0 radical (unpaired) electrons. The molecule has 0 aromatic heterocycles. The fourth-order valence-corrected chi connectivity index (χ4v) is 8.91.